The Morgan fingerprint density at radius 1 is 1.11 bits per heavy atom. The molecule has 142 valence electrons. The van der Waals surface area contributed by atoms with Crippen molar-refractivity contribution >= 4 is 11.9 Å². The molecular weight excluding hydrogens is 336 g/mol. The van der Waals surface area contributed by atoms with Crippen LogP contribution in [-0.4, -0.2) is 36.4 Å². The SMILES string of the molecule is CCNC(=NCC(=O)N1CCc2ccccc2C1)NC(C)c1ccccc1. The van der Waals surface area contributed by atoms with Crippen molar-refractivity contribution in [1.29, 1.82) is 0 Å². The third-order valence-corrected chi connectivity index (χ3v) is 4.85. The van der Waals surface area contributed by atoms with Gasteiger partial charge in [-0.05, 0) is 37.0 Å². The van der Waals surface area contributed by atoms with Crippen LogP contribution in [0, 0.1) is 0 Å². The number of hydrogen-bond acceptors (Lipinski definition) is 2. The van der Waals surface area contributed by atoms with E-state index in [1.807, 2.05) is 36.1 Å². The van der Waals surface area contributed by atoms with Crippen LogP contribution in [0.1, 0.15) is 36.6 Å². The number of nitrogens with zero attached hydrogens (tertiary/aromatic N) is 2. The van der Waals surface area contributed by atoms with E-state index in [2.05, 4.69) is 52.9 Å². The van der Waals surface area contributed by atoms with Crippen LogP contribution in [0.25, 0.3) is 0 Å². The van der Waals surface area contributed by atoms with Gasteiger partial charge in [0.05, 0.1) is 6.04 Å². The molecule has 27 heavy (non-hydrogen) atoms. The van der Waals surface area contributed by atoms with Crippen LogP contribution in [0.3, 0.4) is 0 Å². The molecule has 0 aromatic heterocycles. The minimum Gasteiger partial charge on any atom is -0.357 e. The van der Waals surface area contributed by atoms with Crippen molar-refractivity contribution in [2.24, 2.45) is 4.99 Å². The van der Waals surface area contributed by atoms with E-state index in [-0.39, 0.29) is 18.5 Å². The van der Waals surface area contributed by atoms with Gasteiger partial charge in [-0.1, -0.05) is 54.6 Å². The van der Waals surface area contributed by atoms with Crippen LogP contribution in [0.4, 0.5) is 0 Å². The van der Waals surface area contributed by atoms with Gasteiger partial charge < -0.3 is 15.5 Å². The molecule has 0 bridgehead atoms. The smallest absolute Gasteiger partial charge is 0.244 e. The molecule has 1 amide bonds. The number of amides is 1. The normalized spacial score (nSPS) is 15.0. The Kier molecular flexibility index (Phi) is 6.47. The van der Waals surface area contributed by atoms with Gasteiger partial charge in [0.25, 0.3) is 0 Å². The molecule has 0 fully saturated rings. The standard InChI is InChI=1S/C22H28N4O/c1-3-23-22(25-17(2)18-9-5-4-6-10-18)24-15-21(27)26-14-13-19-11-7-8-12-20(19)16-26/h4-12,17H,3,13-16H2,1-2H3,(H2,23,24,25). The summed E-state index contributed by atoms with van der Waals surface area (Å²) in [6, 6.07) is 18.7. The Balaban J connectivity index is 1.60. The summed E-state index contributed by atoms with van der Waals surface area (Å²) in [6.07, 6.45) is 0.912. The lowest BCUT2D eigenvalue weighted by Gasteiger charge is -2.28. The Hall–Kier alpha value is -2.82. The Bertz CT molecular complexity index is 788. The van der Waals surface area contributed by atoms with Gasteiger partial charge in [0.15, 0.2) is 5.96 Å². The van der Waals surface area contributed by atoms with Crippen LogP contribution in [0.5, 0.6) is 0 Å². The average Bonchev–Trinajstić information content (AvgIpc) is 2.72. The number of carbonyl (C=O) groups excluding carboxylic acids is 1. The molecule has 1 unspecified atom stereocenters. The number of rotatable bonds is 5. The fraction of sp³-hybridized carbons (Fsp3) is 0.364. The number of fused-ring (bicyclic) bond motifs is 1. The second-order valence-electron chi connectivity index (χ2n) is 6.81. The molecular formula is C22H28N4O. The van der Waals surface area contributed by atoms with E-state index in [1.54, 1.807) is 0 Å². The highest BCUT2D eigenvalue weighted by Crippen LogP contribution is 2.18. The predicted octanol–water partition coefficient (Wildman–Crippen LogP) is 2.89. The van der Waals surface area contributed by atoms with Crippen molar-refractivity contribution < 1.29 is 4.79 Å². The molecule has 0 saturated carbocycles. The van der Waals surface area contributed by atoms with Crippen LogP contribution in [-0.2, 0) is 17.8 Å². The summed E-state index contributed by atoms with van der Waals surface area (Å²) in [5.74, 6) is 0.730. The third kappa shape index (κ3) is 5.09. The quantitative estimate of drug-likeness (QED) is 0.634. The maximum Gasteiger partial charge on any atom is 0.244 e. The molecule has 2 aromatic rings. The van der Waals surface area contributed by atoms with Crippen LogP contribution in [0.15, 0.2) is 59.6 Å². The summed E-state index contributed by atoms with van der Waals surface area (Å²) >= 11 is 0. The topological polar surface area (TPSA) is 56.7 Å². The fourth-order valence-corrected chi connectivity index (χ4v) is 3.31. The van der Waals surface area contributed by atoms with E-state index in [9.17, 15) is 4.79 Å². The Morgan fingerprint density at radius 3 is 2.56 bits per heavy atom. The average molecular weight is 364 g/mol. The Labute approximate surface area is 161 Å². The van der Waals surface area contributed by atoms with Crippen LogP contribution >= 0.6 is 0 Å². The zero-order chi connectivity index (χ0) is 19.1. The van der Waals surface area contributed by atoms with Crippen molar-refractivity contribution in [3.05, 3.63) is 71.3 Å². The van der Waals surface area contributed by atoms with E-state index in [0.717, 1.165) is 19.5 Å². The minimum absolute atomic E-state index is 0.0640. The summed E-state index contributed by atoms with van der Waals surface area (Å²) in [5.41, 5.74) is 3.77. The summed E-state index contributed by atoms with van der Waals surface area (Å²) in [6.45, 7) is 6.45. The lowest BCUT2D eigenvalue weighted by atomic mass is 10.00. The first-order valence-electron chi connectivity index (χ1n) is 9.61. The van der Waals surface area contributed by atoms with Gasteiger partial charge in [-0.2, -0.15) is 0 Å². The lowest BCUT2D eigenvalue weighted by Crippen LogP contribution is -2.41. The van der Waals surface area contributed by atoms with Gasteiger partial charge in [-0.3, -0.25) is 4.79 Å². The third-order valence-electron chi connectivity index (χ3n) is 4.85. The maximum atomic E-state index is 12.6. The summed E-state index contributed by atoms with van der Waals surface area (Å²) < 4.78 is 0. The zero-order valence-electron chi connectivity index (χ0n) is 16.1. The van der Waals surface area contributed by atoms with E-state index in [4.69, 9.17) is 0 Å². The van der Waals surface area contributed by atoms with Crippen LogP contribution in [0.2, 0.25) is 0 Å². The van der Waals surface area contributed by atoms with Gasteiger partial charge in [0, 0.05) is 19.6 Å². The van der Waals surface area contributed by atoms with Gasteiger partial charge in [0.1, 0.15) is 6.54 Å². The number of carbonyl (C=O) groups is 1. The molecule has 1 heterocycles. The van der Waals surface area contributed by atoms with Gasteiger partial charge in [-0.15, -0.1) is 0 Å². The summed E-state index contributed by atoms with van der Waals surface area (Å²) in [5, 5.41) is 6.60. The molecule has 3 rings (SSSR count). The number of hydrogen-bond donors (Lipinski definition) is 2. The number of nitrogens with one attached hydrogen (secondary N) is 2. The van der Waals surface area contributed by atoms with E-state index >= 15 is 0 Å². The highest BCUT2D eigenvalue weighted by atomic mass is 16.2. The Morgan fingerprint density at radius 2 is 1.81 bits per heavy atom. The second kappa shape index (κ2) is 9.21. The molecule has 5 nitrogen and oxygen atoms in total. The molecule has 2 N–H and O–H groups in total. The number of guanidine groups is 1. The molecule has 5 heteroatoms. The van der Waals surface area contributed by atoms with Crippen molar-refractivity contribution in [3.8, 4) is 0 Å². The largest absolute Gasteiger partial charge is 0.357 e. The second-order valence-corrected chi connectivity index (χ2v) is 6.81. The van der Waals surface area contributed by atoms with Crippen molar-refractivity contribution in [2.75, 3.05) is 19.6 Å². The van der Waals surface area contributed by atoms with Crippen LogP contribution < -0.4 is 10.6 Å². The summed E-state index contributed by atoms with van der Waals surface area (Å²) in [7, 11) is 0. The number of benzene rings is 2. The van der Waals surface area contributed by atoms with E-state index < -0.39 is 0 Å². The van der Waals surface area contributed by atoms with Crippen molar-refractivity contribution in [3.63, 3.8) is 0 Å². The van der Waals surface area contributed by atoms with Gasteiger partial charge >= 0.3 is 0 Å². The highest BCUT2D eigenvalue weighted by molar-refractivity contribution is 5.85. The highest BCUT2D eigenvalue weighted by Gasteiger charge is 2.20. The lowest BCUT2D eigenvalue weighted by molar-refractivity contribution is -0.130. The van der Waals surface area contributed by atoms with E-state index in [1.165, 1.54) is 16.7 Å². The predicted molar refractivity (Wildman–Crippen MR) is 110 cm³/mol. The molecule has 1 aliphatic heterocycles. The van der Waals surface area contributed by atoms with Gasteiger partial charge in [0.2, 0.25) is 5.91 Å². The molecule has 2 aromatic carbocycles. The monoisotopic (exact) mass is 364 g/mol. The minimum atomic E-state index is 0.0640. The molecule has 0 saturated heterocycles. The van der Waals surface area contributed by atoms with E-state index in [0.29, 0.717) is 12.5 Å². The number of aliphatic imine (C=N–C) groups is 1. The fourth-order valence-electron chi connectivity index (χ4n) is 3.31. The molecule has 0 spiro atoms. The molecule has 1 aliphatic rings. The first-order valence-corrected chi connectivity index (χ1v) is 9.61. The van der Waals surface area contributed by atoms with Crippen molar-refractivity contribution in [2.45, 2.75) is 32.9 Å². The first kappa shape index (κ1) is 19.0. The first-order chi connectivity index (χ1) is 13.2. The van der Waals surface area contributed by atoms with Gasteiger partial charge in [-0.25, -0.2) is 4.99 Å². The maximum absolute atomic E-state index is 12.6. The zero-order valence-corrected chi connectivity index (χ0v) is 16.1. The molecule has 1 atom stereocenters. The molecule has 0 radical (unpaired) electrons. The molecule has 0 aliphatic carbocycles. The summed E-state index contributed by atoms with van der Waals surface area (Å²) in [4.78, 5) is 19.0. The van der Waals surface area contributed by atoms with Crippen molar-refractivity contribution in [1.82, 2.24) is 15.5 Å².